The summed E-state index contributed by atoms with van der Waals surface area (Å²) < 4.78 is 10.4. The van der Waals surface area contributed by atoms with Crippen molar-refractivity contribution in [2.75, 3.05) is 27.4 Å². The minimum Gasteiger partial charge on any atom is -0.493 e. The normalized spacial score (nSPS) is 16.3. The van der Waals surface area contributed by atoms with E-state index in [9.17, 15) is 14.9 Å². The molecule has 0 saturated heterocycles. The molecule has 1 aromatic carbocycles. The van der Waals surface area contributed by atoms with Gasteiger partial charge in [0, 0.05) is 5.57 Å². The van der Waals surface area contributed by atoms with Crippen LogP contribution in [0.15, 0.2) is 34.9 Å². The van der Waals surface area contributed by atoms with Crippen molar-refractivity contribution < 1.29 is 24.2 Å². The highest BCUT2D eigenvalue weighted by atomic mass is 16.5. The Bertz CT molecular complexity index is 817. The molecule has 2 amide bonds. The third-order valence-electron chi connectivity index (χ3n) is 3.87. The molecule has 7 nitrogen and oxygen atoms in total. The molecule has 1 aliphatic rings. The highest BCUT2D eigenvalue weighted by molar-refractivity contribution is 6.19. The van der Waals surface area contributed by atoms with Crippen LogP contribution in [0.25, 0.3) is 6.08 Å². The number of β-amino-alcohol motifs (C(OH)–C–C–N with tert-alkyl or cyclic N) is 1. The molecule has 25 heavy (non-hydrogen) atoms. The molecule has 0 spiro atoms. The Morgan fingerprint density at radius 2 is 1.88 bits per heavy atom. The number of hydrogen-bond donors (Lipinski definition) is 1. The van der Waals surface area contributed by atoms with Crippen LogP contribution in [0.3, 0.4) is 0 Å². The molecule has 2 rings (SSSR count). The van der Waals surface area contributed by atoms with Gasteiger partial charge in [0.1, 0.15) is 11.6 Å². The fraction of sp³-hybridized carbons (Fsp3) is 0.278. The SMILES string of the molecule is COc1ccc(/C=C2/C(=O)N(CCO)C(=O)C(C#N)=C2C)cc1OC. The van der Waals surface area contributed by atoms with E-state index < -0.39 is 11.8 Å². The number of hydrogen-bond acceptors (Lipinski definition) is 6. The lowest BCUT2D eigenvalue weighted by Gasteiger charge is -2.26. The van der Waals surface area contributed by atoms with Crippen molar-refractivity contribution in [2.45, 2.75) is 6.92 Å². The summed E-state index contributed by atoms with van der Waals surface area (Å²) >= 11 is 0. The first-order chi connectivity index (χ1) is 12.0. The van der Waals surface area contributed by atoms with Gasteiger partial charge in [0.05, 0.1) is 27.4 Å². The number of ether oxygens (including phenoxy) is 2. The monoisotopic (exact) mass is 342 g/mol. The fourth-order valence-corrected chi connectivity index (χ4v) is 2.54. The molecule has 130 valence electrons. The van der Waals surface area contributed by atoms with Gasteiger partial charge in [-0.05, 0) is 36.3 Å². The van der Waals surface area contributed by atoms with E-state index in [2.05, 4.69) is 0 Å². The molecular weight excluding hydrogens is 324 g/mol. The van der Waals surface area contributed by atoms with Gasteiger partial charge in [0.2, 0.25) is 0 Å². The molecule has 0 aliphatic carbocycles. The van der Waals surface area contributed by atoms with E-state index >= 15 is 0 Å². The Labute approximate surface area is 145 Å². The summed E-state index contributed by atoms with van der Waals surface area (Å²) in [6.07, 6.45) is 1.58. The van der Waals surface area contributed by atoms with Crippen molar-refractivity contribution >= 4 is 17.9 Å². The lowest BCUT2D eigenvalue weighted by Crippen LogP contribution is -2.44. The summed E-state index contributed by atoms with van der Waals surface area (Å²) in [7, 11) is 3.02. The molecule has 0 fully saturated rings. The standard InChI is InChI=1S/C18H18N2O5/c1-11-13(8-12-4-5-15(24-2)16(9-12)25-3)17(22)20(6-7-21)18(23)14(11)10-19/h4-5,8-9,21H,6-7H2,1-3H3/b13-8+. The van der Waals surface area contributed by atoms with E-state index in [1.165, 1.54) is 14.2 Å². The molecule has 0 bridgehead atoms. The van der Waals surface area contributed by atoms with Gasteiger partial charge in [-0.3, -0.25) is 14.5 Å². The molecule has 0 unspecified atom stereocenters. The van der Waals surface area contributed by atoms with Gasteiger partial charge >= 0.3 is 0 Å². The molecular formula is C18H18N2O5. The van der Waals surface area contributed by atoms with E-state index in [0.29, 0.717) is 22.6 Å². The Kier molecular flexibility index (Phi) is 5.57. The number of amides is 2. The smallest absolute Gasteiger partial charge is 0.271 e. The third-order valence-corrected chi connectivity index (χ3v) is 3.87. The Morgan fingerprint density at radius 1 is 1.20 bits per heavy atom. The summed E-state index contributed by atoms with van der Waals surface area (Å²) in [4.78, 5) is 25.7. The molecule has 1 heterocycles. The maximum absolute atomic E-state index is 12.6. The van der Waals surface area contributed by atoms with Crippen LogP contribution in [0.5, 0.6) is 11.5 Å². The van der Waals surface area contributed by atoms with Gasteiger partial charge in [-0.15, -0.1) is 0 Å². The zero-order valence-electron chi connectivity index (χ0n) is 14.2. The van der Waals surface area contributed by atoms with Gasteiger partial charge in [-0.1, -0.05) is 6.07 Å². The molecule has 1 aliphatic heterocycles. The number of aliphatic hydroxyl groups excluding tert-OH is 1. The maximum atomic E-state index is 12.6. The number of carbonyl (C=O) groups excluding carboxylic acids is 2. The summed E-state index contributed by atoms with van der Waals surface area (Å²) in [5.74, 6) is -0.207. The van der Waals surface area contributed by atoms with Crippen LogP contribution in [0.1, 0.15) is 12.5 Å². The number of imide groups is 1. The second-order valence-electron chi connectivity index (χ2n) is 5.27. The largest absolute Gasteiger partial charge is 0.493 e. The van der Waals surface area contributed by atoms with E-state index in [1.807, 2.05) is 6.07 Å². The average molecular weight is 342 g/mol. The number of rotatable bonds is 5. The quantitative estimate of drug-likeness (QED) is 0.639. The van der Waals surface area contributed by atoms with Crippen LogP contribution >= 0.6 is 0 Å². The molecule has 0 atom stereocenters. The zero-order chi connectivity index (χ0) is 18.6. The van der Waals surface area contributed by atoms with Gasteiger partial charge in [0.15, 0.2) is 11.5 Å². The first-order valence-electron chi connectivity index (χ1n) is 7.50. The first-order valence-corrected chi connectivity index (χ1v) is 7.50. The molecule has 0 aromatic heterocycles. The van der Waals surface area contributed by atoms with Crippen molar-refractivity contribution in [3.8, 4) is 17.6 Å². The Balaban J connectivity index is 2.57. The predicted molar refractivity (Wildman–Crippen MR) is 89.6 cm³/mol. The van der Waals surface area contributed by atoms with Crippen LogP contribution in [-0.2, 0) is 9.59 Å². The topological polar surface area (TPSA) is 99.9 Å². The van der Waals surface area contributed by atoms with Crippen molar-refractivity contribution in [2.24, 2.45) is 0 Å². The molecule has 1 aromatic rings. The van der Waals surface area contributed by atoms with Crippen LogP contribution in [-0.4, -0.2) is 49.2 Å². The van der Waals surface area contributed by atoms with E-state index in [0.717, 1.165) is 4.90 Å². The first kappa shape index (κ1) is 18.2. The second kappa shape index (κ2) is 7.64. The highest BCUT2D eigenvalue weighted by Gasteiger charge is 2.34. The van der Waals surface area contributed by atoms with E-state index in [-0.39, 0.29) is 24.3 Å². The Hall–Kier alpha value is -3.11. The van der Waals surface area contributed by atoms with Crippen molar-refractivity contribution in [1.82, 2.24) is 4.90 Å². The lowest BCUT2D eigenvalue weighted by molar-refractivity contribution is -0.140. The summed E-state index contributed by atoms with van der Waals surface area (Å²) in [5, 5.41) is 18.3. The number of carbonyl (C=O) groups is 2. The summed E-state index contributed by atoms with van der Waals surface area (Å²) in [6.45, 7) is 1.01. The van der Waals surface area contributed by atoms with Gasteiger partial charge < -0.3 is 14.6 Å². The average Bonchev–Trinajstić information content (AvgIpc) is 2.62. The van der Waals surface area contributed by atoms with E-state index in [4.69, 9.17) is 14.6 Å². The lowest BCUT2D eigenvalue weighted by atomic mass is 9.93. The zero-order valence-corrected chi connectivity index (χ0v) is 14.2. The Morgan fingerprint density at radius 3 is 2.44 bits per heavy atom. The number of aliphatic hydroxyl groups is 1. The highest BCUT2D eigenvalue weighted by Crippen LogP contribution is 2.31. The maximum Gasteiger partial charge on any atom is 0.271 e. The van der Waals surface area contributed by atoms with Crippen molar-refractivity contribution in [3.05, 3.63) is 40.5 Å². The number of methoxy groups -OCH3 is 2. The summed E-state index contributed by atoms with van der Waals surface area (Å²) in [6, 6.07) is 6.95. The van der Waals surface area contributed by atoms with E-state index in [1.54, 1.807) is 31.2 Å². The fourth-order valence-electron chi connectivity index (χ4n) is 2.54. The third kappa shape index (κ3) is 3.39. The number of nitrogens with zero attached hydrogens (tertiary/aromatic N) is 2. The molecule has 0 saturated carbocycles. The van der Waals surface area contributed by atoms with Crippen LogP contribution in [0.2, 0.25) is 0 Å². The van der Waals surface area contributed by atoms with Crippen LogP contribution < -0.4 is 9.47 Å². The number of nitriles is 1. The summed E-state index contributed by atoms with van der Waals surface area (Å²) in [5.41, 5.74) is 1.06. The molecule has 7 heteroatoms. The molecule has 0 radical (unpaired) electrons. The van der Waals surface area contributed by atoms with Gasteiger partial charge in [-0.25, -0.2) is 0 Å². The number of benzene rings is 1. The van der Waals surface area contributed by atoms with Crippen LogP contribution in [0.4, 0.5) is 0 Å². The minimum atomic E-state index is -0.691. The predicted octanol–water partition coefficient (Wildman–Crippen LogP) is 1.29. The van der Waals surface area contributed by atoms with Gasteiger partial charge in [-0.2, -0.15) is 5.26 Å². The van der Waals surface area contributed by atoms with Crippen LogP contribution in [0, 0.1) is 11.3 Å². The van der Waals surface area contributed by atoms with Gasteiger partial charge in [0.25, 0.3) is 11.8 Å². The molecule has 1 N–H and O–H groups in total. The second-order valence-corrected chi connectivity index (χ2v) is 5.27. The minimum absolute atomic E-state index is 0.111. The van der Waals surface area contributed by atoms with Crippen molar-refractivity contribution in [1.29, 1.82) is 5.26 Å². The van der Waals surface area contributed by atoms with Crippen molar-refractivity contribution in [3.63, 3.8) is 0 Å².